The van der Waals surface area contributed by atoms with Crippen LogP contribution in [0.5, 0.6) is 0 Å². The van der Waals surface area contributed by atoms with Crippen LogP contribution in [-0.4, -0.2) is 0 Å². The predicted octanol–water partition coefficient (Wildman–Crippen LogP) is 14.7. The van der Waals surface area contributed by atoms with Crippen molar-refractivity contribution in [2.45, 2.75) is 84.0 Å². The van der Waals surface area contributed by atoms with Gasteiger partial charge in [0.25, 0.3) is 0 Å². The first-order valence-corrected chi connectivity index (χ1v) is 15.1. The minimum absolute atomic E-state index is 0. The van der Waals surface area contributed by atoms with Gasteiger partial charge in [-0.15, -0.1) is 0 Å². The van der Waals surface area contributed by atoms with E-state index in [-0.39, 0.29) is 56.4 Å². The van der Waals surface area contributed by atoms with Gasteiger partial charge in [0.1, 0.15) is 0 Å². The van der Waals surface area contributed by atoms with Crippen molar-refractivity contribution in [3.63, 3.8) is 0 Å². The Labute approximate surface area is 275 Å². The second kappa shape index (κ2) is 28.7. The monoisotopic (exact) mass is 791 g/mol. The summed E-state index contributed by atoms with van der Waals surface area (Å²) in [6.07, 6.45) is 15.0. The van der Waals surface area contributed by atoms with Crippen molar-refractivity contribution in [3.8, 4) is 0 Å². The zero-order valence-corrected chi connectivity index (χ0v) is 28.9. The van der Waals surface area contributed by atoms with Crippen LogP contribution in [0.15, 0.2) is 30.3 Å². The topological polar surface area (TPSA) is 59.7 Å². The smallest absolute Gasteiger partial charge is 0.358 e. The van der Waals surface area contributed by atoms with Gasteiger partial charge in [0, 0.05) is 0 Å². The Hall–Kier alpha value is -0.501. The molecule has 3 nitrogen and oxygen atoms in total. The van der Waals surface area contributed by atoms with Crippen LogP contribution >= 0.6 is 15.6 Å². The third-order valence-corrected chi connectivity index (χ3v) is 3.97. The first-order chi connectivity index (χ1) is 17.2. The van der Waals surface area contributed by atoms with Crippen molar-refractivity contribution in [3.05, 3.63) is 78.1 Å². The molecule has 2 aliphatic rings. The predicted molar refractivity (Wildman–Crippen MR) is 145 cm³/mol. The first-order valence-electron chi connectivity index (χ1n) is 11.0. The van der Waals surface area contributed by atoms with Crippen LogP contribution in [0, 0.1) is 42.2 Å². The van der Waals surface area contributed by atoms with Gasteiger partial charge < -0.3 is 22.3 Å². The molecule has 0 bridgehead atoms. The maximum atomic E-state index is 9.87. The molecule has 0 saturated heterocycles. The van der Waals surface area contributed by atoms with Gasteiger partial charge in [0.15, 0.2) is 0 Å². The van der Waals surface area contributed by atoms with Gasteiger partial charge in [0.05, 0.1) is 0 Å². The van der Waals surface area contributed by atoms with Crippen LogP contribution < -0.4 is 0 Å². The van der Waals surface area contributed by atoms with E-state index in [0.717, 1.165) is 0 Å². The molecule has 2 saturated carbocycles. The fourth-order valence-electron chi connectivity index (χ4n) is 2.61. The largest absolute Gasteiger partial charge is 3.00 e. The zero-order valence-electron chi connectivity index (χ0n) is 24.9. The van der Waals surface area contributed by atoms with Gasteiger partial charge in [0.2, 0.25) is 0 Å². The molecule has 2 aliphatic carbocycles. The van der Waals surface area contributed by atoms with Gasteiger partial charge in [-0.05, 0) is 11.5 Å². The molecule has 0 heterocycles. The average molecular weight is 791 g/mol. The summed E-state index contributed by atoms with van der Waals surface area (Å²) in [5.74, 6) is 0.659. The molecule has 0 N–H and O–H groups in total. The quantitative estimate of drug-likeness (QED) is 0.0894. The molecule has 0 unspecified atom stereocenters. The van der Waals surface area contributed by atoms with E-state index in [0.29, 0.717) is 5.92 Å². The second-order valence-corrected chi connectivity index (χ2v) is 11.9. The fraction of sp³-hybridized carbons (Fsp3) is 0.520. The molecule has 1 aromatic carbocycles. The van der Waals surface area contributed by atoms with Crippen LogP contribution in [0.25, 0.3) is 0 Å². The Balaban J connectivity index is -0.0000000386. The van der Waals surface area contributed by atoms with Crippen LogP contribution in [0.1, 0.15) is 89.5 Å². The first kappa shape index (κ1) is 70.0. The summed E-state index contributed by atoms with van der Waals surface area (Å²) >= 11 is 0. The molecule has 1 aromatic rings. The molecule has 0 aliphatic heterocycles. The van der Waals surface area contributed by atoms with E-state index in [4.69, 9.17) is 14.0 Å². The third kappa shape index (κ3) is 147. The third-order valence-electron chi connectivity index (χ3n) is 3.97. The summed E-state index contributed by atoms with van der Waals surface area (Å²) in [6.45, 7) is 17.9. The second-order valence-electron chi connectivity index (χ2n) is 8.02. The van der Waals surface area contributed by atoms with Crippen LogP contribution in [0.2, 0.25) is 0 Å². The van der Waals surface area contributed by atoms with Crippen molar-refractivity contribution in [2.24, 2.45) is 0 Å². The summed E-state index contributed by atoms with van der Waals surface area (Å²) in [4.78, 5) is 0. The Morgan fingerprint density at radius 3 is 0.705 bits per heavy atom. The average Bonchev–Trinajstić information content (AvgIpc) is 3.53. The van der Waals surface area contributed by atoms with E-state index in [1.165, 1.54) is 69.8 Å². The van der Waals surface area contributed by atoms with Crippen molar-refractivity contribution in [2.75, 3.05) is 0 Å². The Bertz CT molecular complexity index is 702. The van der Waals surface area contributed by atoms with Crippen LogP contribution in [0.4, 0.5) is 50.4 Å². The van der Waals surface area contributed by atoms with Crippen molar-refractivity contribution < 1.29 is 98.5 Å². The SMILES string of the molecule is C1CCCC1.C1CCCC1.CC(C)c1ccccc1.F[P-](F)(F)(F)(F)F.F[P-](F)(F)(F)(F)F.[C-]#[O+].[C-]#[O+].[C-]#[O+].[CH3-].[CH3-].[CH3-].[Fe+2].[Fe+3]. The standard InChI is InChI=1S/C9H12.2C5H10.3CO.3CH3.2F6P.2Fe/c1-8(2)9-6-4-3-5-7-9;2*1-2-4-5-3-1;3*1-2;;;;2*1-7(2,3,4,5)6;;/h3-8H,1-2H3;2*1-5H2;;;;3*1H3;;;;/q;;;;;;5*-1;+2;+3. The van der Waals surface area contributed by atoms with E-state index in [1.54, 1.807) is 0 Å². The number of benzene rings is 1. The molecule has 0 amide bonds. The van der Waals surface area contributed by atoms with E-state index in [1.807, 2.05) is 6.07 Å². The summed E-state index contributed by atoms with van der Waals surface area (Å²) in [7, 11) is -21.3. The molecular weight excluding hydrogens is 750 g/mol. The molecule has 0 atom stereocenters. The van der Waals surface area contributed by atoms with E-state index in [2.05, 4.69) is 58.1 Å². The molecule has 0 spiro atoms. The molecule has 269 valence electrons. The normalized spacial score (nSPS) is 15.0. The molecule has 2 fully saturated rings. The maximum absolute atomic E-state index is 10.7. The Morgan fingerprint density at radius 2 is 0.614 bits per heavy atom. The van der Waals surface area contributed by atoms with Gasteiger partial charge >= 0.3 is 134 Å². The summed E-state index contributed by atoms with van der Waals surface area (Å²) in [6, 6.07) is 10.5. The van der Waals surface area contributed by atoms with Crippen molar-refractivity contribution >= 4 is 15.6 Å². The van der Waals surface area contributed by atoms with E-state index in [9.17, 15) is 50.4 Å². The molecule has 1 radical (unpaired) electrons. The van der Waals surface area contributed by atoms with Gasteiger partial charge in [-0.1, -0.05) is 108 Å². The Morgan fingerprint density at radius 1 is 0.477 bits per heavy atom. The number of hydrogen-bond acceptors (Lipinski definition) is 0. The minimum Gasteiger partial charge on any atom is -0.358 e. The molecule has 0 aromatic heterocycles. The number of hydrogen-bond donors (Lipinski definition) is 0. The fourth-order valence-corrected chi connectivity index (χ4v) is 2.61. The summed E-state index contributed by atoms with van der Waals surface area (Å²) < 4.78 is 141. The van der Waals surface area contributed by atoms with E-state index < -0.39 is 15.6 Å². The van der Waals surface area contributed by atoms with E-state index >= 15 is 0 Å². The van der Waals surface area contributed by atoms with Gasteiger partial charge in [-0.25, -0.2) is 0 Å². The minimum atomic E-state index is -10.7. The molecular formula is C25H41F12Fe2O3P2. The summed E-state index contributed by atoms with van der Waals surface area (Å²) in [5.41, 5.74) is 1.41. The van der Waals surface area contributed by atoms with Crippen LogP contribution in [-0.2, 0) is 48.1 Å². The van der Waals surface area contributed by atoms with Crippen LogP contribution in [0.3, 0.4) is 0 Å². The molecule has 19 heteroatoms. The summed E-state index contributed by atoms with van der Waals surface area (Å²) in [5, 5.41) is 0. The van der Waals surface area contributed by atoms with Crippen molar-refractivity contribution in [1.29, 1.82) is 0 Å². The van der Waals surface area contributed by atoms with Gasteiger partial charge in [-0.2, -0.15) is 0 Å². The van der Waals surface area contributed by atoms with Gasteiger partial charge in [-0.3, -0.25) is 0 Å². The molecule has 3 rings (SSSR count). The Kier molecular flexibility index (Phi) is 45.7. The number of rotatable bonds is 1. The zero-order chi connectivity index (χ0) is 32.6. The molecule has 44 heavy (non-hydrogen) atoms. The number of halogens is 12. The maximum Gasteiger partial charge on any atom is 3.00 e. The van der Waals surface area contributed by atoms with Crippen molar-refractivity contribution in [1.82, 2.24) is 0 Å².